The normalized spacial score (nSPS) is 26.7. The molecule has 1 aliphatic heterocycles. The summed E-state index contributed by atoms with van der Waals surface area (Å²) < 4.78 is 5.57. The number of esters is 1. The number of carbonyl (C=O) groups is 3. The highest BCUT2D eigenvalue weighted by Crippen LogP contribution is 2.61. The van der Waals surface area contributed by atoms with Gasteiger partial charge in [-0.05, 0) is 55.9 Å². The van der Waals surface area contributed by atoms with Crippen molar-refractivity contribution in [3.8, 4) is 0 Å². The predicted molar refractivity (Wildman–Crippen MR) is 98.1 cm³/mol. The minimum Gasteiger partial charge on any atom is -0.443 e. The third-order valence-corrected chi connectivity index (χ3v) is 6.61. The van der Waals surface area contributed by atoms with Gasteiger partial charge in [0.2, 0.25) is 0 Å². The van der Waals surface area contributed by atoms with Gasteiger partial charge in [0.1, 0.15) is 4.49 Å². The topological polar surface area (TPSA) is 63.7 Å². The molecule has 26 heavy (non-hydrogen) atoms. The van der Waals surface area contributed by atoms with Crippen LogP contribution in [-0.4, -0.2) is 29.4 Å². The number of allylic oxidation sites excluding steroid dienone is 1. The Labute approximate surface area is 163 Å². The van der Waals surface area contributed by atoms with Crippen molar-refractivity contribution in [3.63, 3.8) is 0 Å². The van der Waals surface area contributed by atoms with Crippen molar-refractivity contribution in [3.05, 3.63) is 21.2 Å². The summed E-state index contributed by atoms with van der Waals surface area (Å²) in [4.78, 5) is 38.3. The van der Waals surface area contributed by atoms with Gasteiger partial charge in [-0.15, -0.1) is 0 Å². The lowest BCUT2D eigenvalue weighted by Crippen LogP contribution is -2.35. The van der Waals surface area contributed by atoms with Gasteiger partial charge < -0.3 is 4.74 Å². The van der Waals surface area contributed by atoms with E-state index in [2.05, 4.69) is 0 Å². The second-order valence-corrected chi connectivity index (χ2v) is 8.89. The lowest BCUT2D eigenvalue weighted by atomic mass is 9.93. The minimum absolute atomic E-state index is 0.0822. The molecule has 0 spiro atoms. The molecule has 1 heterocycles. The molecule has 2 aliphatic carbocycles. The summed E-state index contributed by atoms with van der Waals surface area (Å²) in [5.41, 5.74) is 1.81. The number of imide groups is 1. The van der Waals surface area contributed by atoms with E-state index < -0.39 is 0 Å². The van der Waals surface area contributed by atoms with Crippen LogP contribution in [-0.2, 0) is 19.1 Å². The minimum atomic E-state index is -0.385. The highest BCUT2D eigenvalue weighted by atomic mass is 35.5. The Morgan fingerprint density at radius 3 is 2.19 bits per heavy atom. The first-order valence-electron chi connectivity index (χ1n) is 8.91. The summed E-state index contributed by atoms with van der Waals surface area (Å²) >= 11 is 11.6. The van der Waals surface area contributed by atoms with Gasteiger partial charge in [0.25, 0.3) is 11.8 Å². The van der Waals surface area contributed by atoms with Gasteiger partial charge >= 0.3 is 5.97 Å². The Kier molecular flexibility index (Phi) is 5.24. The zero-order valence-corrected chi connectivity index (χ0v) is 16.7. The molecule has 0 N–H and O–H groups in total. The molecular weight excluding hydrogens is 377 g/mol. The molecule has 0 aromatic rings. The monoisotopic (exact) mass is 399 g/mol. The number of rotatable bonds is 5. The third-order valence-electron chi connectivity index (χ3n) is 5.96. The van der Waals surface area contributed by atoms with Crippen molar-refractivity contribution in [1.82, 2.24) is 4.90 Å². The van der Waals surface area contributed by atoms with Gasteiger partial charge in [-0.3, -0.25) is 14.4 Å². The van der Waals surface area contributed by atoms with Crippen LogP contribution >= 0.6 is 23.2 Å². The Balaban J connectivity index is 1.59. The highest BCUT2D eigenvalue weighted by molar-refractivity contribution is 6.56. The number of ether oxygens (including phenoxy) is 1. The Morgan fingerprint density at radius 1 is 1.15 bits per heavy atom. The second kappa shape index (κ2) is 7.01. The van der Waals surface area contributed by atoms with E-state index in [-0.39, 0.29) is 46.3 Å². The number of halogens is 2. The molecule has 2 amide bonds. The smallest absolute Gasteiger partial charge is 0.311 e. The number of hydrogen-bond donors (Lipinski definition) is 0. The molecule has 0 aromatic heterocycles. The summed E-state index contributed by atoms with van der Waals surface area (Å²) in [6.45, 7) is 5.51. The van der Waals surface area contributed by atoms with Crippen molar-refractivity contribution < 1.29 is 19.1 Å². The molecule has 2 atom stereocenters. The fourth-order valence-corrected chi connectivity index (χ4v) is 4.28. The summed E-state index contributed by atoms with van der Waals surface area (Å²) in [6.07, 6.45) is 3.71. The molecule has 3 aliphatic rings. The van der Waals surface area contributed by atoms with Crippen molar-refractivity contribution in [1.29, 1.82) is 0 Å². The van der Waals surface area contributed by atoms with Crippen molar-refractivity contribution in [2.75, 3.05) is 6.73 Å². The lowest BCUT2D eigenvalue weighted by molar-refractivity contribution is -0.156. The van der Waals surface area contributed by atoms with Gasteiger partial charge in [0, 0.05) is 11.1 Å². The summed E-state index contributed by atoms with van der Waals surface area (Å²) in [7, 11) is 0. The van der Waals surface area contributed by atoms with Crippen LogP contribution < -0.4 is 0 Å². The molecule has 0 aromatic carbocycles. The van der Waals surface area contributed by atoms with Gasteiger partial charge in [-0.1, -0.05) is 37.0 Å². The molecule has 0 bridgehead atoms. The molecule has 142 valence electrons. The van der Waals surface area contributed by atoms with Crippen LogP contribution in [0.3, 0.4) is 0 Å². The molecule has 0 radical (unpaired) electrons. The van der Waals surface area contributed by atoms with Crippen molar-refractivity contribution in [2.45, 2.75) is 52.9 Å². The van der Waals surface area contributed by atoms with Crippen molar-refractivity contribution in [2.24, 2.45) is 17.3 Å². The van der Waals surface area contributed by atoms with E-state index in [1.54, 1.807) is 0 Å². The largest absolute Gasteiger partial charge is 0.443 e. The van der Waals surface area contributed by atoms with E-state index >= 15 is 0 Å². The quantitative estimate of drug-likeness (QED) is 0.515. The predicted octanol–water partition coefficient (Wildman–Crippen LogP) is 4.10. The van der Waals surface area contributed by atoms with E-state index in [1.165, 1.54) is 0 Å². The molecule has 1 saturated carbocycles. The van der Waals surface area contributed by atoms with Crippen LogP contribution in [0, 0.1) is 17.3 Å². The third kappa shape index (κ3) is 3.31. The molecule has 1 fully saturated rings. The fourth-order valence-electron chi connectivity index (χ4n) is 4.13. The van der Waals surface area contributed by atoms with E-state index in [4.69, 9.17) is 27.9 Å². The number of hydrogen-bond acceptors (Lipinski definition) is 4. The highest BCUT2D eigenvalue weighted by Gasteiger charge is 2.62. The Morgan fingerprint density at radius 2 is 1.69 bits per heavy atom. The summed E-state index contributed by atoms with van der Waals surface area (Å²) in [5, 5.41) is 0. The van der Waals surface area contributed by atoms with E-state index in [0.29, 0.717) is 30.4 Å². The van der Waals surface area contributed by atoms with Gasteiger partial charge in [-0.25, -0.2) is 4.90 Å². The first kappa shape index (κ1) is 19.4. The fraction of sp³-hybridized carbons (Fsp3) is 0.632. The maximum Gasteiger partial charge on any atom is 0.311 e. The number of nitrogens with zero attached hydrogens (tertiary/aromatic N) is 1. The van der Waals surface area contributed by atoms with E-state index in [1.807, 2.05) is 20.8 Å². The van der Waals surface area contributed by atoms with E-state index in [0.717, 1.165) is 23.3 Å². The average Bonchev–Trinajstić information content (AvgIpc) is 3.04. The number of amides is 2. The number of carbonyl (C=O) groups excluding carboxylic acids is 3. The zero-order chi connectivity index (χ0) is 19.2. The molecular formula is C19H23Cl2NO4. The van der Waals surface area contributed by atoms with Crippen LogP contribution in [0.2, 0.25) is 0 Å². The van der Waals surface area contributed by atoms with Crippen molar-refractivity contribution >= 4 is 41.0 Å². The maximum absolute atomic E-state index is 12.5. The molecule has 5 nitrogen and oxygen atoms in total. The Bertz CT molecular complexity index is 706. The van der Waals surface area contributed by atoms with Crippen LogP contribution in [0.15, 0.2) is 21.2 Å². The molecule has 2 unspecified atom stereocenters. The first-order valence-corrected chi connectivity index (χ1v) is 9.67. The molecule has 3 rings (SSSR count). The molecule has 7 heteroatoms. The lowest BCUT2D eigenvalue weighted by Gasteiger charge is -2.15. The van der Waals surface area contributed by atoms with Crippen LogP contribution in [0.5, 0.6) is 0 Å². The zero-order valence-electron chi connectivity index (χ0n) is 15.2. The second-order valence-electron chi connectivity index (χ2n) is 7.95. The van der Waals surface area contributed by atoms with Gasteiger partial charge in [0.15, 0.2) is 6.73 Å². The van der Waals surface area contributed by atoms with E-state index in [9.17, 15) is 14.4 Å². The SMILES string of the molecule is CC(CC1C(C(=O)OCN2C(=O)C3=C(CCCC3)C2=O)C1(C)C)=C(Cl)Cl. The standard InChI is InChI=1S/C19H23Cl2NO4/c1-10(15(20)21)8-13-14(19(13,2)3)18(25)26-9-22-16(23)11-6-4-5-7-12(11)17(22)24/h13-14H,4-9H2,1-3H3. The van der Waals surface area contributed by atoms with Gasteiger partial charge in [-0.2, -0.15) is 0 Å². The molecule has 0 saturated heterocycles. The van der Waals surface area contributed by atoms with Crippen LogP contribution in [0.1, 0.15) is 52.9 Å². The van der Waals surface area contributed by atoms with Crippen LogP contribution in [0.4, 0.5) is 0 Å². The summed E-state index contributed by atoms with van der Waals surface area (Å²) in [5.74, 6) is -1.21. The van der Waals surface area contributed by atoms with Crippen LogP contribution in [0.25, 0.3) is 0 Å². The summed E-state index contributed by atoms with van der Waals surface area (Å²) in [6, 6.07) is 0. The Hall–Kier alpha value is -1.33. The average molecular weight is 400 g/mol. The maximum atomic E-state index is 12.5. The van der Waals surface area contributed by atoms with Gasteiger partial charge in [0.05, 0.1) is 5.92 Å². The first-order chi connectivity index (χ1) is 12.2.